The molecule has 0 bridgehead atoms. The van der Waals surface area contributed by atoms with Gasteiger partial charge in [-0.3, -0.25) is 14.9 Å². The van der Waals surface area contributed by atoms with Crippen LogP contribution in [0.2, 0.25) is 0 Å². The Kier molecular flexibility index (Phi) is 4.03. The molecule has 1 saturated heterocycles. The molecular weight excluding hydrogens is 262 g/mol. The number of nitrogens with zero attached hydrogens (tertiary/aromatic N) is 3. The molecule has 2 N–H and O–H groups in total. The summed E-state index contributed by atoms with van der Waals surface area (Å²) in [6, 6.07) is 0.187. The zero-order valence-electron chi connectivity index (χ0n) is 11.9. The SMILES string of the molecule is CCCNCc1nnc(N2CC(=O)NC(=O)C2(C)C)o1. The summed E-state index contributed by atoms with van der Waals surface area (Å²) in [6.07, 6.45) is 1.01. The molecule has 8 heteroatoms. The lowest BCUT2D eigenvalue weighted by Gasteiger charge is -2.38. The van der Waals surface area contributed by atoms with Gasteiger partial charge in [0.15, 0.2) is 0 Å². The predicted molar refractivity (Wildman–Crippen MR) is 70.9 cm³/mol. The number of imide groups is 1. The Bertz CT molecular complexity index is 511. The average molecular weight is 281 g/mol. The largest absolute Gasteiger partial charge is 0.407 e. The minimum absolute atomic E-state index is 0.0166. The van der Waals surface area contributed by atoms with Gasteiger partial charge in [0.2, 0.25) is 11.8 Å². The van der Waals surface area contributed by atoms with Crippen molar-refractivity contribution in [3.05, 3.63) is 5.89 Å². The molecule has 0 unspecified atom stereocenters. The van der Waals surface area contributed by atoms with Crippen molar-refractivity contribution in [2.24, 2.45) is 0 Å². The van der Waals surface area contributed by atoms with Gasteiger partial charge in [-0.25, -0.2) is 0 Å². The van der Waals surface area contributed by atoms with Gasteiger partial charge in [0.05, 0.1) is 6.54 Å². The second-order valence-corrected chi connectivity index (χ2v) is 5.18. The average Bonchev–Trinajstić information content (AvgIpc) is 2.83. The molecule has 2 rings (SSSR count). The molecule has 8 nitrogen and oxygen atoms in total. The van der Waals surface area contributed by atoms with Crippen LogP contribution in [-0.4, -0.2) is 40.6 Å². The van der Waals surface area contributed by atoms with Crippen molar-refractivity contribution in [1.29, 1.82) is 0 Å². The molecule has 0 atom stereocenters. The minimum Gasteiger partial charge on any atom is -0.407 e. The first-order valence-electron chi connectivity index (χ1n) is 6.60. The molecule has 1 aliphatic rings. The lowest BCUT2D eigenvalue weighted by Crippen LogP contribution is -2.64. The van der Waals surface area contributed by atoms with Gasteiger partial charge >= 0.3 is 6.01 Å². The van der Waals surface area contributed by atoms with Gasteiger partial charge in [0.25, 0.3) is 5.91 Å². The van der Waals surface area contributed by atoms with Gasteiger partial charge in [-0.2, -0.15) is 0 Å². The van der Waals surface area contributed by atoms with Gasteiger partial charge < -0.3 is 14.6 Å². The van der Waals surface area contributed by atoms with Crippen LogP contribution in [0.15, 0.2) is 4.42 Å². The monoisotopic (exact) mass is 281 g/mol. The van der Waals surface area contributed by atoms with E-state index in [2.05, 4.69) is 27.8 Å². The highest BCUT2D eigenvalue weighted by atomic mass is 16.4. The summed E-state index contributed by atoms with van der Waals surface area (Å²) >= 11 is 0. The van der Waals surface area contributed by atoms with E-state index in [1.165, 1.54) is 4.90 Å². The van der Waals surface area contributed by atoms with Crippen LogP contribution in [0.25, 0.3) is 0 Å². The Labute approximate surface area is 116 Å². The van der Waals surface area contributed by atoms with Crippen LogP contribution in [0.1, 0.15) is 33.1 Å². The minimum atomic E-state index is -0.908. The Morgan fingerprint density at radius 2 is 2.15 bits per heavy atom. The molecule has 2 heterocycles. The quantitative estimate of drug-likeness (QED) is 0.570. The number of anilines is 1. The second-order valence-electron chi connectivity index (χ2n) is 5.18. The Hall–Kier alpha value is -1.96. The third-order valence-electron chi connectivity index (χ3n) is 3.18. The smallest absolute Gasteiger partial charge is 0.319 e. The molecule has 0 radical (unpaired) electrons. The van der Waals surface area contributed by atoms with Crippen molar-refractivity contribution < 1.29 is 14.0 Å². The lowest BCUT2D eigenvalue weighted by atomic mass is 9.99. The number of hydrogen-bond acceptors (Lipinski definition) is 7. The summed E-state index contributed by atoms with van der Waals surface area (Å²) < 4.78 is 5.51. The summed E-state index contributed by atoms with van der Waals surface area (Å²) in [7, 11) is 0. The van der Waals surface area contributed by atoms with E-state index >= 15 is 0 Å². The number of piperazine rings is 1. The summed E-state index contributed by atoms with van der Waals surface area (Å²) in [5, 5.41) is 13.3. The van der Waals surface area contributed by atoms with E-state index in [4.69, 9.17) is 4.42 Å². The number of nitrogens with one attached hydrogen (secondary N) is 2. The zero-order chi connectivity index (χ0) is 14.8. The fourth-order valence-electron chi connectivity index (χ4n) is 1.89. The third kappa shape index (κ3) is 2.79. The van der Waals surface area contributed by atoms with Gasteiger partial charge in [0, 0.05) is 0 Å². The highest BCUT2D eigenvalue weighted by Crippen LogP contribution is 2.25. The van der Waals surface area contributed by atoms with E-state index in [0.717, 1.165) is 13.0 Å². The van der Waals surface area contributed by atoms with E-state index in [1.54, 1.807) is 13.8 Å². The van der Waals surface area contributed by atoms with Crippen molar-refractivity contribution >= 4 is 17.8 Å². The predicted octanol–water partition coefficient (Wildman–Crippen LogP) is -0.189. The van der Waals surface area contributed by atoms with Crippen molar-refractivity contribution in [3.8, 4) is 0 Å². The number of aromatic nitrogens is 2. The van der Waals surface area contributed by atoms with Gasteiger partial charge in [-0.1, -0.05) is 12.0 Å². The maximum Gasteiger partial charge on any atom is 0.319 e. The van der Waals surface area contributed by atoms with Crippen LogP contribution >= 0.6 is 0 Å². The van der Waals surface area contributed by atoms with Gasteiger partial charge in [-0.05, 0) is 26.8 Å². The highest BCUT2D eigenvalue weighted by Gasteiger charge is 2.43. The van der Waals surface area contributed by atoms with Crippen LogP contribution in [0, 0.1) is 0 Å². The Balaban J connectivity index is 2.13. The molecule has 0 saturated carbocycles. The van der Waals surface area contributed by atoms with E-state index in [1.807, 2.05) is 0 Å². The van der Waals surface area contributed by atoms with Crippen molar-refractivity contribution in [3.63, 3.8) is 0 Å². The molecule has 110 valence electrons. The van der Waals surface area contributed by atoms with Crippen LogP contribution < -0.4 is 15.5 Å². The summed E-state index contributed by atoms with van der Waals surface area (Å²) in [6.45, 7) is 6.81. The van der Waals surface area contributed by atoms with E-state index in [9.17, 15) is 9.59 Å². The molecular formula is C12H19N5O3. The molecule has 0 aliphatic carbocycles. The fraction of sp³-hybridized carbons (Fsp3) is 0.667. The number of amides is 2. The summed E-state index contributed by atoms with van der Waals surface area (Å²) in [5.74, 6) is -0.321. The number of carbonyl (C=O) groups excluding carboxylic acids is 2. The van der Waals surface area contributed by atoms with Crippen molar-refractivity contribution in [2.75, 3.05) is 18.0 Å². The molecule has 1 aliphatic heterocycles. The fourth-order valence-corrected chi connectivity index (χ4v) is 1.89. The highest BCUT2D eigenvalue weighted by molar-refractivity contribution is 6.06. The number of hydrogen-bond donors (Lipinski definition) is 2. The third-order valence-corrected chi connectivity index (χ3v) is 3.18. The lowest BCUT2D eigenvalue weighted by molar-refractivity contribution is -0.135. The molecule has 2 amide bonds. The maximum atomic E-state index is 11.9. The first-order chi connectivity index (χ1) is 9.45. The van der Waals surface area contributed by atoms with Crippen LogP contribution in [-0.2, 0) is 16.1 Å². The molecule has 0 aromatic carbocycles. The van der Waals surface area contributed by atoms with Crippen LogP contribution in [0.5, 0.6) is 0 Å². The standard InChI is InChI=1S/C12H19N5O3/c1-4-5-13-6-9-15-16-11(20-9)17-7-8(18)14-10(19)12(17,2)3/h13H,4-7H2,1-3H3,(H,14,18,19). The number of carbonyl (C=O) groups is 2. The van der Waals surface area contributed by atoms with Crippen LogP contribution in [0.3, 0.4) is 0 Å². The van der Waals surface area contributed by atoms with E-state index in [-0.39, 0.29) is 24.4 Å². The first kappa shape index (κ1) is 14.4. The maximum absolute atomic E-state index is 11.9. The topological polar surface area (TPSA) is 100 Å². The van der Waals surface area contributed by atoms with E-state index in [0.29, 0.717) is 12.4 Å². The second kappa shape index (κ2) is 5.58. The Morgan fingerprint density at radius 3 is 2.85 bits per heavy atom. The van der Waals surface area contributed by atoms with Gasteiger partial charge in [-0.15, -0.1) is 5.10 Å². The van der Waals surface area contributed by atoms with Gasteiger partial charge in [0.1, 0.15) is 12.1 Å². The van der Waals surface area contributed by atoms with Crippen molar-refractivity contribution in [2.45, 2.75) is 39.3 Å². The number of rotatable bonds is 5. The molecule has 1 aromatic rings. The van der Waals surface area contributed by atoms with Crippen LogP contribution in [0.4, 0.5) is 6.01 Å². The van der Waals surface area contributed by atoms with E-state index < -0.39 is 5.54 Å². The molecule has 20 heavy (non-hydrogen) atoms. The normalized spacial score (nSPS) is 18.2. The Morgan fingerprint density at radius 1 is 1.40 bits per heavy atom. The zero-order valence-corrected chi connectivity index (χ0v) is 11.9. The molecule has 1 aromatic heterocycles. The molecule has 0 spiro atoms. The van der Waals surface area contributed by atoms with Crippen molar-refractivity contribution in [1.82, 2.24) is 20.8 Å². The first-order valence-corrected chi connectivity index (χ1v) is 6.60. The molecule has 1 fully saturated rings. The summed E-state index contributed by atoms with van der Waals surface area (Å²) in [5.41, 5.74) is -0.908. The summed E-state index contributed by atoms with van der Waals surface area (Å²) in [4.78, 5) is 24.9.